The molecule has 2 aliphatic heterocycles. The average Bonchev–Trinajstić information content (AvgIpc) is 3.14. The Kier molecular flexibility index (Phi) is 4.70. The second-order valence-corrected chi connectivity index (χ2v) is 10.7. The van der Waals surface area contributed by atoms with Crippen molar-refractivity contribution >= 4 is 5.97 Å². The topological polar surface area (TPSA) is 85.2 Å². The SMILES string of the molecule is CC(=O)O[C@@H]1[C@H](O)[C@@H](C)[C@]2(CC[C@]3(CO[C@H](O)C3)O2)[C@@]2(C)CCCC(C)(C)[C@H]12. The van der Waals surface area contributed by atoms with E-state index in [2.05, 4.69) is 20.8 Å². The minimum atomic E-state index is -0.779. The second-order valence-electron chi connectivity index (χ2n) is 10.7. The lowest BCUT2D eigenvalue weighted by atomic mass is 9.43. The number of carbonyl (C=O) groups excluding carboxylic acids is 1. The van der Waals surface area contributed by atoms with E-state index in [-0.39, 0.29) is 28.6 Å². The van der Waals surface area contributed by atoms with Gasteiger partial charge in [-0.15, -0.1) is 0 Å². The molecule has 2 N–H and O–H groups in total. The maximum absolute atomic E-state index is 11.9. The zero-order valence-corrected chi connectivity index (χ0v) is 17.9. The highest BCUT2D eigenvalue weighted by molar-refractivity contribution is 5.66. The number of rotatable bonds is 1. The van der Waals surface area contributed by atoms with Crippen molar-refractivity contribution in [3.8, 4) is 0 Å². The molecule has 2 heterocycles. The third-order valence-electron chi connectivity index (χ3n) is 8.66. The molecular formula is C22H36O6. The molecule has 6 nitrogen and oxygen atoms in total. The van der Waals surface area contributed by atoms with Gasteiger partial charge in [-0.3, -0.25) is 4.79 Å². The van der Waals surface area contributed by atoms with Gasteiger partial charge in [0.1, 0.15) is 6.10 Å². The Hall–Kier alpha value is -0.690. The standard InChI is InChI=1S/C22H36O6/c1-13-16(25)17(27-14(2)23)18-19(3,4)7-6-8-20(18,5)22(13)10-9-21(28-22)11-15(24)26-12-21/h13,15-18,24-25H,6-12H2,1-5H3/t13-,15+,16-,17-,18+,20+,21+,22-/m1/s1. The fourth-order valence-corrected chi connectivity index (χ4v) is 7.53. The van der Waals surface area contributed by atoms with Crippen LogP contribution in [-0.2, 0) is 19.0 Å². The molecular weight excluding hydrogens is 360 g/mol. The van der Waals surface area contributed by atoms with E-state index >= 15 is 0 Å². The molecule has 28 heavy (non-hydrogen) atoms. The van der Waals surface area contributed by atoms with Gasteiger partial charge in [-0.05, 0) is 31.1 Å². The van der Waals surface area contributed by atoms with Gasteiger partial charge < -0.3 is 24.4 Å². The summed E-state index contributed by atoms with van der Waals surface area (Å²) in [6.07, 6.45) is 3.16. The van der Waals surface area contributed by atoms with Crippen LogP contribution in [0.2, 0.25) is 0 Å². The van der Waals surface area contributed by atoms with Crippen LogP contribution >= 0.6 is 0 Å². The van der Waals surface area contributed by atoms with Gasteiger partial charge in [0.2, 0.25) is 0 Å². The molecule has 2 spiro atoms. The summed E-state index contributed by atoms with van der Waals surface area (Å²) in [5, 5.41) is 21.3. The van der Waals surface area contributed by atoms with Gasteiger partial charge in [-0.1, -0.05) is 34.1 Å². The number of carbonyl (C=O) groups is 1. The molecule has 160 valence electrons. The van der Waals surface area contributed by atoms with Gasteiger partial charge in [-0.2, -0.15) is 0 Å². The van der Waals surface area contributed by atoms with Crippen molar-refractivity contribution in [2.45, 2.75) is 103 Å². The lowest BCUT2D eigenvalue weighted by Gasteiger charge is -2.66. The third kappa shape index (κ3) is 2.71. The van der Waals surface area contributed by atoms with Crippen molar-refractivity contribution in [1.29, 1.82) is 0 Å². The number of fused-ring (bicyclic) bond motifs is 2. The summed E-state index contributed by atoms with van der Waals surface area (Å²) in [5.74, 6) is -0.512. The molecule has 0 aromatic heterocycles. The molecule has 0 bridgehead atoms. The molecule has 4 rings (SSSR count). The first-order valence-corrected chi connectivity index (χ1v) is 10.8. The monoisotopic (exact) mass is 396 g/mol. The Balaban J connectivity index is 1.79. The molecule has 0 aromatic carbocycles. The van der Waals surface area contributed by atoms with Crippen LogP contribution in [-0.4, -0.2) is 52.5 Å². The Morgan fingerprint density at radius 1 is 1.11 bits per heavy atom. The first-order valence-electron chi connectivity index (χ1n) is 10.8. The Morgan fingerprint density at radius 3 is 2.43 bits per heavy atom. The minimum Gasteiger partial charge on any atom is -0.459 e. The van der Waals surface area contributed by atoms with Gasteiger partial charge in [-0.25, -0.2) is 0 Å². The van der Waals surface area contributed by atoms with Crippen molar-refractivity contribution in [2.24, 2.45) is 22.7 Å². The van der Waals surface area contributed by atoms with Crippen LogP contribution in [0.1, 0.15) is 73.1 Å². The normalized spacial score (nSPS) is 52.8. The van der Waals surface area contributed by atoms with Gasteiger partial charge in [0.15, 0.2) is 6.29 Å². The third-order valence-corrected chi connectivity index (χ3v) is 8.66. The minimum absolute atomic E-state index is 0.00578. The summed E-state index contributed by atoms with van der Waals surface area (Å²) in [6, 6.07) is 0. The lowest BCUT2D eigenvalue weighted by Crippen LogP contribution is -2.71. The predicted molar refractivity (Wildman–Crippen MR) is 102 cm³/mol. The Labute approximate surface area is 167 Å². The fourth-order valence-electron chi connectivity index (χ4n) is 7.53. The Bertz CT molecular complexity index is 649. The van der Waals surface area contributed by atoms with Gasteiger partial charge in [0, 0.05) is 30.6 Å². The van der Waals surface area contributed by atoms with E-state index in [4.69, 9.17) is 14.2 Å². The van der Waals surface area contributed by atoms with Crippen LogP contribution in [0.25, 0.3) is 0 Å². The Morgan fingerprint density at radius 2 is 1.82 bits per heavy atom. The zero-order valence-electron chi connectivity index (χ0n) is 17.9. The first-order chi connectivity index (χ1) is 13.0. The predicted octanol–water partition coefficient (Wildman–Crippen LogP) is 2.79. The van der Waals surface area contributed by atoms with E-state index in [0.29, 0.717) is 13.0 Å². The highest BCUT2D eigenvalue weighted by atomic mass is 16.6. The van der Waals surface area contributed by atoms with Gasteiger partial charge >= 0.3 is 5.97 Å². The van der Waals surface area contributed by atoms with Gasteiger partial charge in [0.25, 0.3) is 0 Å². The molecule has 0 unspecified atom stereocenters. The van der Waals surface area contributed by atoms with Crippen molar-refractivity contribution < 1.29 is 29.2 Å². The quantitative estimate of drug-likeness (QED) is 0.663. The maximum atomic E-state index is 11.9. The van der Waals surface area contributed by atoms with E-state index < -0.39 is 29.7 Å². The average molecular weight is 397 g/mol. The van der Waals surface area contributed by atoms with Crippen LogP contribution in [0.3, 0.4) is 0 Å². The fraction of sp³-hybridized carbons (Fsp3) is 0.955. The highest BCUT2D eigenvalue weighted by Gasteiger charge is 2.72. The van der Waals surface area contributed by atoms with Crippen LogP contribution in [0.15, 0.2) is 0 Å². The lowest BCUT2D eigenvalue weighted by molar-refractivity contribution is -0.299. The van der Waals surface area contributed by atoms with Gasteiger partial charge in [0.05, 0.1) is 23.9 Å². The maximum Gasteiger partial charge on any atom is 0.303 e. The number of aliphatic hydroxyl groups excluding tert-OH is 2. The van der Waals surface area contributed by atoms with E-state index in [9.17, 15) is 15.0 Å². The number of esters is 1. The summed E-state index contributed by atoms with van der Waals surface area (Å²) in [4.78, 5) is 11.9. The molecule has 0 amide bonds. The van der Waals surface area contributed by atoms with Crippen LogP contribution < -0.4 is 0 Å². The largest absolute Gasteiger partial charge is 0.459 e. The number of aliphatic hydroxyl groups is 2. The van der Waals surface area contributed by atoms with E-state index in [0.717, 1.165) is 32.1 Å². The number of hydrogen-bond donors (Lipinski definition) is 2. The van der Waals surface area contributed by atoms with Crippen LogP contribution in [0.4, 0.5) is 0 Å². The van der Waals surface area contributed by atoms with Crippen LogP contribution in [0, 0.1) is 22.7 Å². The van der Waals surface area contributed by atoms with E-state index in [1.807, 2.05) is 6.92 Å². The summed E-state index contributed by atoms with van der Waals surface area (Å²) < 4.78 is 18.2. The van der Waals surface area contributed by atoms with Crippen molar-refractivity contribution in [1.82, 2.24) is 0 Å². The summed E-state index contributed by atoms with van der Waals surface area (Å²) >= 11 is 0. The highest BCUT2D eigenvalue weighted by Crippen LogP contribution is 2.68. The molecule has 0 aromatic rings. The van der Waals surface area contributed by atoms with Crippen molar-refractivity contribution in [2.75, 3.05) is 6.61 Å². The molecule has 4 fully saturated rings. The summed E-state index contributed by atoms with van der Waals surface area (Å²) in [6.45, 7) is 10.6. The molecule has 8 atom stereocenters. The molecule has 0 radical (unpaired) electrons. The summed E-state index contributed by atoms with van der Waals surface area (Å²) in [5.41, 5.74) is -1.30. The zero-order chi connectivity index (χ0) is 20.5. The molecule has 2 saturated heterocycles. The molecule has 2 aliphatic carbocycles. The smallest absolute Gasteiger partial charge is 0.303 e. The van der Waals surface area contributed by atoms with Crippen molar-refractivity contribution in [3.63, 3.8) is 0 Å². The first kappa shape index (κ1) is 20.6. The number of hydrogen-bond acceptors (Lipinski definition) is 6. The summed E-state index contributed by atoms with van der Waals surface area (Å²) in [7, 11) is 0. The van der Waals surface area contributed by atoms with E-state index in [1.54, 1.807) is 0 Å². The second kappa shape index (κ2) is 6.40. The molecule has 6 heteroatoms. The molecule has 2 saturated carbocycles. The number of ether oxygens (including phenoxy) is 3. The van der Waals surface area contributed by atoms with Crippen LogP contribution in [0.5, 0.6) is 0 Å². The van der Waals surface area contributed by atoms with Crippen molar-refractivity contribution in [3.05, 3.63) is 0 Å². The van der Waals surface area contributed by atoms with E-state index in [1.165, 1.54) is 6.92 Å². The molecule has 4 aliphatic rings.